The molecule has 0 radical (unpaired) electrons. The SMILES string of the molecule is CC1CCN(c2ncc(I)cn2)C1C. The topological polar surface area (TPSA) is 29.0 Å². The summed E-state index contributed by atoms with van der Waals surface area (Å²) in [4.78, 5) is 11.0. The third kappa shape index (κ3) is 1.85. The fourth-order valence-corrected chi connectivity index (χ4v) is 2.11. The molecule has 0 aliphatic carbocycles. The summed E-state index contributed by atoms with van der Waals surface area (Å²) < 4.78 is 1.09. The molecule has 2 rings (SSSR count). The fourth-order valence-electron chi connectivity index (χ4n) is 1.83. The minimum Gasteiger partial charge on any atom is -0.338 e. The Labute approximate surface area is 98.1 Å². The van der Waals surface area contributed by atoms with E-state index in [4.69, 9.17) is 0 Å². The van der Waals surface area contributed by atoms with Crippen molar-refractivity contribution in [2.24, 2.45) is 5.92 Å². The summed E-state index contributed by atoms with van der Waals surface area (Å²) in [6.07, 6.45) is 4.99. The second-order valence-electron chi connectivity index (χ2n) is 3.90. The molecule has 2 heterocycles. The van der Waals surface area contributed by atoms with E-state index >= 15 is 0 Å². The van der Waals surface area contributed by atoms with E-state index in [1.54, 1.807) is 0 Å². The molecule has 0 amide bonds. The van der Waals surface area contributed by atoms with Crippen LogP contribution in [0.2, 0.25) is 0 Å². The molecule has 0 bridgehead atoms. The van der Waals surface area contributed by atoms with Gasteiger partial charge in [-0.2, -0.15) is 0 Å². The Bertz CT molecular complexity index is 312. The van der Waals surface area contributed by atoms with E-state index < -0.39 is 0 Å². The summed E-state index contributed by atoms with van der Waals surface area (Å²) in [7, 11) is 0. The zero-order chi connectivity index (χ0) is 10.1. The van der Waals surface area contributed by atoms with Crippen LogP contribution in [-0.2, 0) is 0 Å². The summed E-state index contributed by atoms with van der Waals surface area (Å²) in [6, 6.07) is 0.565. The number of rotatable bonds is 1. The third-order valence-corrected chi connectivity index (χ3v) is 3.56. The maximum absolute atomic E-state index is 4.35. The largest absolute Gasteiger partial charge is 0.338 e. The molecule has 1 fully saturated rings. The Hall–Kier alpha value is -0.390. The van der Waals surface area contributed by atoms with Gasteiger partial charge in [0.2, 0.25) is 5.95 Å². The average molecular weight is 303 g/mol. The lowest BCUT2D eigenvalue weighted by atomic mass is 10.1. The molecule has 1 aromatic rings. The minimum atomic E-state index is 0.565. The Morgan fingerprint density at radius 2 is 2.00 bits per heavy atom. The monoisotopic (exact) mass is 303 g/mol. The van der Waals surface area contributed by atoms with Gasteiger partial charge in [-0.15, -0.1) is 0 Å². The molecule has 14 heavy (non-hydrogen) atoms. The van der Waals surface area contributed by atoms with Crippen LogP contribution < -0.4 is 4.90 Å². The first kappa shape index (κ1) is 10.1. The zero-order valence-corrected chi connectivity index (χ0v) is 10.6. The van der Waals surface area contributed by atoms with E-state index in [2.05, 4.69) is 51.3 Å². The van der Waals surface area contributed by atoms with Crippen LogP contribution in [0.4, 0.5) is 5.95 Å². The molecule has 2 atom stereocenters. The number of hydrogen-bond acceptors (Lipinski definition) is 3. The van der Waals surface area contributed by atoms with Crippen molar-refractivity contribution < 1.29 is 0 Å². The van der Waals surface area contributed by atoms with Gasteiger partial charge in [-0.25, -0.2) is 9.97 Å². The molecule has 1 aliphatic heterocycles. The van der Waals surface area contributed by atoms with Crippen molar-refractivity contribution in [2.45, 2.75) is 26.3 Å². The number of hydrogen-bond donors (Lipinski definition) is 0. The predicted molar refractivity (Wildman–Crippen MR) is 65.3 cm³/mol. The fraction of sp³-hybridized carbons (Fsp3) is 0.600. The molecule has 2 unspecified atom stereocenters. The smallest absolute Gasteiger partial charge is 0.225 e. The van der Waals surface area contributed by atoms with Crippen LogP contribution in [0.1, 0.15) is 20.3 Å². The lowest BCUT2D eigenvalue weighted by molar-refractivity contribution is 0.542. The second-order valence-corrected chi connectivity index (χ2v) is 5.15. The summed E-state index contributed by atoms with van der Waals surface area (Å²) >= 11 is 2.23. The summed E-state index contributed by atoms with van der Waals surface area (Å²) in [6.45, 7) is 5.62. The van der Waals surface area contributed by atoms with Gasteiger partial charge in [-0.1, -0.05) is 6.92 Å². The predicted octanol–water partition coefficient (Wildman–Crippen LogP) is 2.32. The molecule has 4 heteroatoms. The maximum Gasteiger partial charge on any atom is 0.225 e. The van der Waals surface area contributed by atoms with Crippen molar-refractivity contribution in [2.75, 3.05) is 11.4 Å². The Morgan fingerprint density at radius 3 is 2.50 bits per heavy atom. The highest BCUT2D eigenvalue weighted by molar-refractivity contribution is 14.1. The van der Waals surface area contributed by atoms with Crippen LogP contribution in [-0.4, -0.2) is 22.6 Å². The maximum atomic E-state index is 4.35. The highest BCUT2D eigenvalue weighted by atomic mass is 127. The molecule has 76 valence electrons. The minimum absolute atomic E-state index is 0.565. The summed E-state index contributed by atoms with van der Waals surface area (Å²) in [5.74, 6) is 1.63. The van der Waals surface area contributed by atoms with Crippen molar-refractivity contribution in [3.63, 3.8) is 0 Å². The van der Waals surface area contributed by atoms with Gasteiger partial charge in [-0.3, -0.25) is 0 Å². The van der Waals surface area contributed by atoms with Gasteiger partial charge in [0.05, 0.1) is 0 Å². The summed E-state index contributed by atoms with van der Waals surface area (Å²) in [5.41, 5.74) is 0. The Morgan fingerprint density at radius 1 is 1.36 bits per heavy atom. The molecule has 1 saturated heterocycles. The van der Waals surface area contributed by atoms with Crippen LogP contribution >= 0.6 is 22.6 Å². The third-order valence-electron chi connectivity index (χ3n) is 3.00. The molecular formula is C10H14IN3. The molecule has 0 N–H and O–H groups in total. The first-order valence-corrected chi connectivity index (χ1v) is 6.00. The second kappa shape index (κ2) is 4.00. The van der Waals surface area contributed by atoms with Crippen LogP contribution in [0.25, 0.3) is 0 Å². The van der Waals surface area contributed by atoms with Crippen LogP contribution in [0.15, 0.2) is 12.4 Å². The molecule has 3 nitrogen and oxygen atoms in total. The van der Waals surface area contributed by atoms with Gasteiger partial charge in [0, 0.05) is 28.6 Å². The number of aromatic nitrogens is 2. The average Bonchev–Trinajstić information content (AvgIpc) is 2.50. The van der Waals surface area contributed by atoms with Crippen molar-refractivity contribution >= 4 is 28.5 Å². The van der Waals surface area contributed by atoms with Crippen molar-refractivity contribution in [3.8, 4) is 0 Å². The van der Waals surface area contributed by atoms with E-state index in [0.717, 1.165) is 22.0 Å². The Balaban J connectivity index is 2.19. The standard InChI is InChI=1S/C10H14IN3/c1-7-3-4-14(8(7)2)10-12-5-9(11)6-13-10/h5-8H,3-4H2,1-2H3. The van der Waals surface area contributed by atoms with E-state index in [0.29, 0.717) is 6.04 Å². The van der Waals surface area contributed by atoms with E-state index in [1.807, 2.05) is 12.4 Å². The van der Waals surface area contributed by atoms with E-state index in [1.165, 1.54) is 6.42 Å². The van der Waals surface area contributed by atoms with E-state index in [-0.39, 0.29) is 0 Å². The number of nitrogens with zero attached hydrogens (tertiary/aromatic N) is 3. The van der Waals surface area contributed by atoms with Crippen LogP contribution in [0.5, 0.6) is 0 Å². The van der Waals surface area contributed by atoms with Crippen LogP contribution in [0, 0.1) is 9.49 Å². The Kier molecular flexibility index (Phi) is 2.90. The molecule has 0 aromatic carbocycles. The molecular weight excluding hydrogens is 289 g/mol. The summed E-state index contributed by atoms with van der Waals surface area (Å²) in [5, 5.41) is 0. The van der Waals surface area contributed by atoms with Gasteiger partial charge in [0.25, 0.3) is 0 Å². The lowest BCUT2D eigenvalue weighted by Gasteiger charge is -2.22. The first-order chi connectivity index (χ1) is 6.68. The normalized spacial score (nSPS) is 26.9. The zero-order valence-electron chi connectivity index (χ0n) is 8.44. The molecule has 1 aromatic heterocycles. The highest BCUT2D eigenvalue weighted by Gasteiger charge is 2.28. The van der Waals surface area contributed by atoms with Crippen molar-refractivity contribution in [3.05, 3.63) is 16.0 Å². The number of anilines is 1. The van der Waals surface area contributed by atoms with Gasteiger partial charge >= 0.3 is 0 Å². The quantitative estimate of drug-likeness (QED) is 0.746. The molecule has 0 saturated carbocycles. The van der Waals surface area contributed by atoms with Gasteiger partial charge in [0.1, 0.15) is 0 Å². The van der Waals surface area contributed by atoms with Gasteiger partial charge < -0.3 is 4.90 Å². The highest BCUT2D eigenvalue weighted by Crippen LogP contribution is 2.26. The first-order valence-electron chi connectivity index (χ1n) is 4.92. The van der Waals surface area contributed by atoms with Crippen molar-refractivity contribution in [1.29, 1.82) is 0 Å². The van der Waals surface area contributed by atoms with Crippen LogP contribution in [0.3, 0.4) is 0 Å². The van der Waals surface area contributed by atoms with E-state index in [9.17, 15) is 0 Å². The number of halogens is 1. The molecule has 0 spiro atoms. The lowest BCUT2D eigenvalue weighted by Crippen LogP contribution is -2.30. The molecule has 1 aliphatic rings. The van der Waals surface area contributed by atoms with Gasteiger partial charge in [-0.05, 0) is 41.9 Å². The van der Waals surface area contributed by atoms with Gasteiger partial charge in [0.15, 0.2) is 0 Å². The van der Waals surface area contributed by atoms with Crippen molar-refractivity contribution in [1.82, 2.24) is 9.97 Å².